The van der Waals surface area contributed by atoms with Crippen molar-refractivity contribution in [2.75, 3.05) is 32.9 Å². The molecule has 0 bridgehead atoms. The summed E-state index contributed by atoms with van der Waals surface area (Å²) >= 11 is 0. The van der Waals surface area contributed by atoms with Crippen LogP contribution >= 0.6 is 0 Å². The Morgan fingerprint density at radius 1 is 1.23 bits per heavy atom. The Bertz CT molecular complexity index is 461. The lowest BCUT2D eigenvalue weighted by Crippen LogP contribution is -2.40. The molecule has 1 aromatic rings. The number of hydrogen-bond donors (Lipinski definition) is 0. The summed E-state index contributed by atoms with van der Waals surface area (Å²) in [4.78, 5) is 2.53. The SMILES string of the molecule is c1cc(CN2CCC3(CC2)CO[C@@H](COCC2CC2)C3)co1. The monoisotopic (exact) mass is 305 g/mol. The Morgan fingerprint density at radius 2 is 2.09 bits per heavy atom. The minimum atomic E-state index is 0.333. The number of ether oxygens (including phenoxy) is 2. The van der Waals surface area contributed by atoms with Crippen LogP contribution in [0.3, 0.4) is 0 Å². The van der Waals surface area contributed by atoms with Gasteiger partial charge in [0, 0.05) is 18.7 Å². The van der Waals surface area contributed by atoms with Crippen molar-refractivity contribution in [1.82, 2.24) is 4.90 Å². The van der Waals surface area contributed by atoms with Crippen molar-refractivity contribution in [1.29, 1.82) is 0 Å². The van der Waals surface area contributed by atoms with Crippen molar-refractivity contribution in [3.63, 3.8) is 0 Å². The van der Waals surface area contributed by atoms with E-state index in [0.29, 0.717) is 11.5 Å². The summed E-state index contributed by atoms with van der Waals surface area (Å²) in [5.74, 6) is 0.849. The van der Waals surface area contributed by atoms with Gasteiger partial charge < -0.3 is 13.9 Å². The van der Waals surface area contributed by atoms with Gasteiger partial charge in [0.2, 0.25) is 0 Å². The van der Waals surface area contributed by atoms with Crippen LogP contribution in [0.1, 0.15) is 37.7 Å². The van der Waals surface area contributed by atoms with Crippen LogP contribution in [0.25, 0.3) is 0 Å². The first-order valence-corrected chi connectivity index (χ1v) is 8.74. The molecule has 4 heteroatoms. The predicted octanol–water partition coefficient (Wildman–Crippen LogP) is 3.08. The van der Waals surface area contributed by atoms with Crippen LogP contribution in [0.4, 0.5) is 0 Å². The molecule has 1 aliphatic carbocycles. The minimum absolute atomic E-state index is 0.333. The summed E-state index contributed by atoms with van der Waals surface area (Å²) in [6.07, 6.45) is 10.4. The summed E-state index contributed by atoms with van der Waals surface area (Å²) in [5.41, 5.74) is 1.70. The molecule has 1 saturated carbocycles. The third-order valence-corrected chi connectivity index (χ3v) is 5.54. The number of furan rings is 1. The normalized spacial score (nSPS) is 28.5. The second-order valence-corrected chi connectivity index (χ2v) is 7.53. The van der Waals surface area contributed by atoms with Crippen LogP contribution in [-0.2, 0) is 16.0 Å². The lowest BCUT2D eigenvalue weighted by Gasteiger charge is -2.38. The molecule has 22 heavy (non-hydrogen) atoms. The average Bonchev–Trinajstić information content (AvgIpc) is 3.05. The van der Waals surface area contributed by atoms with Gasteiger partial charge in [0.05, 0.1) is 31.8 Å². The molecule has 3 heterocycles. The highest BCUT2D eigenvalue weighted by Gasteiger charge is 2.42. The molecule has 3 fully saturated rings. The predicted molar refractivity (Wildman–Crippen MR) is 83.6 cm³/mol. The number of rotatable bonds is 6. The van der Waals surface area contributed by atoms with Crippen molar-refractivity contribution < 1.29 is 13.9 Å². The van der Waals surface area contributed by atoms with Crippen LogP contribution in [0.5, 0.6) is 0 Å². The molecule has 1 atom stereocenters. The van der Waals surface area contributed by atoms with Crippen molar-refractivity contribution in [2.24, 2.45) is 11.3 Å². The first-order valence-electron chi connectivity index (χ1n) is 8.74. The van der Waals surface area contributed by atoms with Crippen LogP contribution < -0.4 is 0 Å². The van der Waals surface area contributed by atoms with Crippen LogP contribution in [0.15, 0.2) is 23.0 Å². The van der Waals surface area contributed by atoms with Crippen LogP contribution in [-0.4, -0.2) is 43.9 Å². The van der Waals surface area contributed by atoms with E-state index in [2.05, 4.69) is 11.0 Å². The van der Waals surface area contributed by atoms with Crippen molar-refractivity contribution in [2.45, 2.75) is 44.8 Å². The Morgan fingerprint density at radius 3 is 2.82 bits per heavy atom. The highest BCUT2D eigenvalue weighted by Crippen LogP contribution is 2.42. The van der Waals surface area contributed by atoms with Gasteiger partial charge in [0.1, 0.15) is 0 Å². The van der Waals surface area contributed by atoms with Gasteiger partial charge in [-0.2, -0.15) is 0 Å². The number of likely N-dealkylation sites (tertiary alicyclic amines) is 1. The lowest BCUT2D eigenvalue weighted by atomic mass is 9.76. The molecule has 1 aromatic heterocycles. The summed E-state index contributed by atoms with van der Waals surface area (Å²) < 4.78 is 17.0. The number of nitrogens with zero attached hydrogens (tertiary/aromatic N) is 1. The van der Waals surface area contributed by atoms with E-state index >= 15 is 0 Å². The second-order valence-electron chi connectivity index (χ2n) is 7.53. The molecule has 1 spiro atoms. The number of hydrogen-bond acceptors (Lipinski definition) is 4. The minimum Gasteiger partial charge on any atom is -0.472 e. The van der Waals surface area contributed by atoms with E-state index in [1.165, 1.54) is 50.8 Å². The molecule has 0 unspecified atom stereocenters. The molecule has 0 N–H and O–H groups in total. The van der Waals surface area contributed by atoms with Gasteiger partial charge in [-0.1, -0.05) is 0 Å². The second kappa shape index (κ2) is 6.34. The lowest BCUT2D eigenvalue weighted by molar-refractivity contribution is 0.00917. The molecule has 0 aromatic carbocycles. The largest absolute Gasteiger partial charge is 0.472 e. The standard InChI is InChI=1S/C18H27NO3/c1-2-15(1)11-21-13-17-9-18(14-22-17)4-6-19(7-5-18)10-16-3-8-20-12-16/h3,8,12,15,17H,1-2,4-7,9-11,13-14H2/t17-/m1/s1. The third-order valence-electron chi connectivity index (χ3n) is 5.54. The summed E-state index contributed by atoms with van der Waals surface area (Å²) in [6, 6.07) is 2.07. The van der Waals surface area contributed by atoms with Gasteiger partial charge in [0.15, 0.2) is 0 Å². The molecule has 4 nitrogen and oxygen atoms in total. The van der Waals surface area contributed by atoms with E-state index in [1.54, 1.807) is 6.26 Å². The van der Waals surface area contributed by atoms with E-state index in [-0.39, 0.29) is 0 Å². The smallest absolute Gasteiger partial charge is 0.0947 e. The Balaban J connectivity index is 1.20. The fourth-order valence-electron chi connectivity index (χ4n) is 3.83. The van der Waals surface area contributed by atoms with Gasteiger partial charge >= 0.3 is 0 Å². The van der Waals surface area contributed by atoms with Crippen LogP contribution in [0, 0.1) is 11.3 Å². The maximum Gasteiger partial charge on any atom is 0.0947 e. The van der Waals surface area contributed by atoms with Gasteiger partial charge in [-0.05, 0) is 62.6 Å². The van der Waals surface area contributed by atoms with Crippen LogP contribution in [0.2, 0.25) is 0 Å². The maximum absolute atomic E-state index is 6.03. The molecule has 2 aliphatic heterocycles. The van der Waals surface area contributed by atoms with Gasteiger partial charge in [-0.3, -0.25) is 4.90 Å². The first-order chi connectivity index (χ1) is 10.8. The van der Waals surface area contributed by atoms with Crippen molar-refractivity contribution in [3.05, 3.63) is 24.2 Å². The Kier molecular flexibility index (Phi) is 4.25. The van der Waals surface area contributed by atoms with Gasteiger partial charge in [0.25, 0.3) is 0 Å². The van der Waals surface area contributed by atoms with E-state index in [1.807, 2.05) is 6.26 Å². The topological polar surface area (TPSA) is 34.8 Å². The zero-order valence-electron chi connectivity index (χ0n) is 13.3. The zero-order chi connectivity index (χ0) is 14.8. The van der Waals surface area contributed by atoms with Crippen molar-refractivity contribution in [3.8, 4) is 0 Å². The fraction of sp³-hybridized carbons (Fsp3) is 0.778. The van der Waals surface area contributed by atoms with Crippen molar-refractivity contribution >= 4 is 0 Å². The quantitative estimate of drug-likeness (QED) is 0.809. The van der Waals surface area contributed by atoms with E-state index in [9.17, 15) is 0 Å². The molecule has 0 amide bonds. The molecule has 122 valence electrons. The zero-order valence-corrected chi connectivity index (χ0v) is 13.3. The Hall–Kier alpha value is -0.840. The van der Waals surface area contributed by atoms with Gasteiger partial charge in [-0.15, -0.1) is 0 Å². The average molecular weight is 305 g/mol. The maximum atomic E-state index is 6.03. The molecular formula is C18H27NO3. The molecule has 4 rings (SSSR count). The first kappa shape index (κ1) is 14.7. The molecular weight excluding hydrogens is 278 g/mol. The summed E-state index contributed by atoms with van der Waals surface area (Å²) in [6.45, 7) is 6.04. The summed E-state index contributed by atoms with van der Waals surface area (Å²) in [7, 11) is 0. The molecule has 3 aliphatic rings. The highest BCUT2D eigenvalue weighted by atomic mass is 16.5. The molecule has 0 radical (unpaired) electrons. The van der Waals surface area contributed by atoms with Gasteiger partial charge in [-0.25, -0.2) is 0 Å². The fourth-order valence-corrected chi connectivity index (χ4v) is 3.83. The summed E-state index contributed by atoms with van der Waals surface area (Å²) in [5, 5.41) is 0. The third kappa shape index (κ3) is 3.55. The van der Waals surface area contributed by atoms with E-state index < -0.39 is 0 Å². The van der Waals surface area contributed by atoms with E-state index in [0.717, 1.165) is 32.3 Å². The highest BCUT2D eigenvalue weighted by molar-refractivity contribution is 5.05. The van der Waals surface area contributed by atoms with E-state index in [4.69, 9.17) is 13.9 Å². The molecule has 2 saturated heterocycles. The Labute approximate surface area is 132 Å². The number of piperidine rings is 1.